The summed E-state index contributed by atoms with van der Waals surface area (Å²) in [5.74, 6) is 4.29. The van der Waals surface area contributed by atoms with Gasteiger partial charge in [-0.25, -0.2) is 0 Å². The summed E-state index contributed by atoms with van der Waals surface area (Å²) in [6.45, 7) is 0. The van der Waals surface area contributed by atoms with Crippen LogP contribution in [0.2, 0.25) is 0 Å². The first kappa shape index (κ1) is 17.7. The molecule has 0 saturated heterocycles. The van der Waals surface area contributed by atoms with Gasteiger partial charge in [0.15, 0.2) is 5.78 Å². The summed E-state index contributed by atoms with van der Waals surface area (Å²) in [4.78, 5) is 12.9. The third-order valence-electron chi connectivity index (χ3n) is 5.09. The summed E-state index contributed by atoms with van der Waals surface area (Å²) in [6.07, 6.45) is 1.73. The number of nitrogens with two attached hydrogens (primary N) is 1. The highest BCUT2D eigenvalue weighted by Crippen LogP contribution is 2.34. The van der Waals surface area contributed by atoms with Crippen LogP contribution in [-0.4, -0.2) is 16.6 Å². The Labute approximate surface area is 163 Å². The molecule has 4 nitrogen and oxygen atoms in total. The van der Waals surface area contributed by atoms with Crippen molar-refractivity contribution in [2.75, 3.05) is 0 Å². The van der Waals surface area contributed by atoms with Gasteiger partial charge in [0.2, 0.25) is 0 Å². The van der Waals surface area contributed by atoms with Crippen molar-refractivity contribution in [2.45, 2.75) is 5.92 Å². The lowest BCUT2D eigenvalue weighted by Crippen LogP contribution is -2.20. The van der Waals surface area contributed by atoms with Crippen molar-refractivity contribution < 1.29 is 9.90 Å². The van der Waals surface area contributed by atoms with E-state index in [-0.39, 0.29) is 17.5 Å². The number of rotatable bonds is 4. The molecule has 4 heteroatoms. The second-order valence-electron chi connectivity index (χ2n) is 6.75. The first-order valence-corrected chi connectivity index (χ1v) is 9.12. The Kier molecular flexibility index (Phi) is 4.77. The summed E-state index contributed by atoms with van der Waals surface area (Å²) in [7, 11) is 0. The molecule has 0 radical (unpaired) electrons. The van der Waals surface area contributed by atoms with E-state index in [1.165, 1.54) is 0 Å². The van der Waals surface area contributed by atoms with Gasteiger partial charge in [-0.15, -0.1) is 0 Å². The second-order valence-corrected chi connectivity index (χ2v) is 6.75. The largest absolute Gasteiger partial charge is 0.511 e. The van der Waals surface area contributed by atoms with Gasteiger partial charge in [0, 0.05) is 17.0 Å². The van der Waals surface area contributed by atoms with E-state index in [2.05, 4.69) is 5.10 Å². The van der Waals surface area contributed by atoms with Crippen molar-refractivity contribution in [1.82, 2.24) is 0 Å². The monoisotopic (exact) mass is 368 g/mol. The maximum atomic E-state index is 12.9. The number of carbonyl (C=O) groups is 1. The molecule has 0 aromatic heterocycles. The van der Waals surface area contributed by atoms with Gasteiger partial charge in [-0.3, -0.25) is 4.79 Å². The molecule has 0 fully saturated rings. The fourth-order valence-electron chi connectivity index (χ4n) is 3.75. The van der Waals surface area contributed by atoms with Crippen molar-refractivity contribution in [3.8, 4) is 0 Å². The lowest BCUT2D eigenvalue weighted by molar-refractivity contribution is 0.0957. The minimum absolute atomic E-state index is 0.0388. The molecule has 3 aromatic rings. The Morgan fingerprint density at radius 2 is 1.36 bits per heavy atom. The molecule has 3 aromatic carbocycles. The Balaban J connectivity index is 1.79. The van der Waals surface area contributed by atoms with Crippen molar-refractivity contribution in [1.29, 1.82) is 0 Å². The lowest BCUT2D eigenvalue weighted by atomic mass is 9.88. The maximum absolute atomic E-state index is 12.9. The van der Waals surface area contributed by atoms with Crippen molar-refractivity contribution in [3.05, 3.63) is 119 Å². The van der Waals surface area contributed by atoms with Crippen molar-refractivity contribution in [2.24, 2.45) is 16.9 Å². The lowest BCUT2D eigenvalue weighted by Gasteiger charge is -2.17. The molecular weight excluding hydrogens is 348 g/mol. The molecule has 0 saturated carbocycles. The quantitative estimate of drug-likeness (QED) is 0.406. The van der Waals surface area contributed by atoms with Crippen LogP contribution >= 0.6 is 0 Å². The van der Waals surface area contributed by atoms with E-state index < -0.39 is 5.92 Å². The zero-order chi connectivity index (χ0) is 19.5. The van der Waals surface area contributed by atoms with Crippen molar-refractivity contribution in [3.63, 3.8) is 0 Å². The Morgan fingerprint density at radius 1 is 0.857 bits per heavy atom. The van der Waals surface area contributed by atoms with Gasteiger partial charge >= 0.3 is 0 Å². The molecule has 138 valence electrons. The zero-order valence-electron chi connectivity index (χ0n) is 15.2. The topological polar surface area (TPSA) is 75.7 Å². The summed E-state index contributed by atoms with van der Waals surface area (Å²) in [5.41, 5.74) is 3.65. The maximum Gasteiger partial charge on any atom is 0.180 e. The third kappa shape index (κ3) is 3.09. The van der Waals surface area contributed by atoms with E-state index in [1.54, 1.807) is 24.3 Å². The van der Waals surface area contributed by atoms with E-state index in [4.69, 9.17) is 5.84 Å². The number of benzene rings is 3. The van der Waals surface area contributed by atoms with E-state index >= 15 is 0 Å². The molecule has 0 bridgehead atoms. The number of hydrogen-bond donors (Lipinski definition) is 2. The number of hydrogen-bond acceptors (Lipinski definition) is 4. The van der Waals surface area contributed by atoms with Crippen LogP contribution in [-0.2, 0) is 0 Å². The number of nitrogens with zero attached hydrogens (tertiary/aromatic N) is 1. The van der Waals surface area contributed by atoms with Crippen LogP contribution in [0.15, 0.2) is 102 Å². The van der Waals surface area contributed by atoms with Crippen LogP contribution in [0.3, 0.4) is 0 Å². The highest BCUT2D eigenvalue weighted by molar-refractivity contribution is 6.29. The highest BCUT2D eigenvalue weighted by Gasteiger charge is 2.39. The summed E-state index contributed by atoms with van der Waals surface area (Å²) < 4.78 is 0. The minimum atomic E-state index is -0.877. The van der Waals surface area contributed by atoms with Gasteiger partial charge in [0.1, 0.15) is 11.7 Å². The van der Waals surface area contributed by atoms with Gasteiger partial charge in [0.05, 0.1) is 5.71 Å². The van der Waals surface area contributed by atoms with Crippen LogP contribution < -0.4 is 5.84 Å². The van der Waals surface area contributed by atoms with E-state index in [1.807, 2.05) is 66.7 Å². The SMILES string of the molecule is NN=C1c2ccccc2C(=O)C1C(O)=CC(c1ccccc1)c1ccccc1. The standard InChI is InChI=1S/C24H20N2O2/c25-26-23-18-13-7-8-14-19(18)24(28)22(23)21(27)15-20(16-9-3-1-4-10-16)17-11-5-2-6-12-17/h1-15,20,22,27H,25H2. The number of fused-ring (bicyclic) bond motifs is 1. The van der Waals surface area contributed by atoms with Crippen molar-refractivity contribution >= 4 is 11.5 Å². The molecule has 3 N–H and O–H groups in total. The van der Waals surface area contributed by atoms with Gasteiger partial charge < -0.3 is 10.9 Å². The zero-order valence-corrected chi connectivity index (χ0v) is 15.2. The number of aliphatic hydroxyl groups is 1. The predicted molar refractivity (Wildman–Crippen MR) is 110 cm³/mol. The fourth-order valence-corrected chi connectivity index (χ4v) is 3.75. The number of carbonyl (C=O) groups excluding carboxylic acids is 1. The average Bonchev–Trinajstić information content (AvgIpc) is 3.05. The Bertz CT molecular complexity index is 1020. The molecule has 0 spiro atoms. The van der Waals surface area contributed by atoms with Gasteiger partial charge in [-0.1, -0.05) is 84.9 Å². The Hall–Kier alpha value is -3.66. The first-order chi connectivity index (χ1) is 13.7. The van der Waals surface area contributed by atoms with Crippen LogP contribution in [0.5, 0.6) is 0 Å². The van der Waals surface area contributed by atoms with Crippen LogP contribution in [0, 0.1) is 5.92 Å². The number of Topliss-reactive ketones (excluding diaryl/α,β-unsaturated/α-hetero) is 1. The highest BCUT2D eigenvalue weighted by atomic mass is 16.3. The van der Waals surface area contributed by atoms with Gasteiger partial charge in [-0.2, -0.15) is 5.10 Å². The molecule has 0 aliphatic heterocycles. The number of ketones is 1. The summed E-state index contributed by atoms with van der Waals surface area (Å²) >= 11 is 0. The van der Waals surface area contributed by atoms with E-state index in [9.17, 15) is 9.90 Å². The average molecular weight is 368 g/mol. The summed E-state index contributed by atoms with van der Waals surface area (Å²) in [5, 5.41) is 14.8. The molecule has 1 aliphatic rings. The smallest absolute Gasteiger partial charge is 0.180 e. The summed E-state index contributed by atoms with van der Waals surface area (Å²) in [6, 6.07) is 26.9. The Morgan fingerprint density at radius 3 is 1.89 bits per heavy atom. The minimum Gasteiger partial charge on any atom is -0.511 e. The molecule has 4 rings (SSSR count). The third-order valence-corrected chi connectivity index (χ3v) is 5.09. The molecule has 1 unspecified atom stereocenters. The molecular formula is C24H20N2O2. The van der Waals surface area contributed by atoms with Gasteiger partial charge in [-0.05, 0) is 17.2 Å². The van der Waals surface area contributed by atoms with Crippen LogP contribution in [0.1, 0.15) is 33.0 Å². The molecule has 28 heavy (non-hydrogen) atoms. The number of hydrazone groups is 1. The van der Waals surface area contributed by atoms with Gasteiger partial charge in [0.25, 0.3) is 0 Å². The molecule has 0 heterocycles. The number of aliphatic hydroxyl groups excluding tert-OH is 1. The number of allylic oxidation sites excluding steroid dienone is 2. The molecule has 1 atom stereocenters. The van der Waals surface area contributed by atoms with Crippen LogP contribution in [0.25, 0.3) is 0 Å². The molecule has 1 aliphatic carbocycles. The fraction of sp³-hybridized carbons (Fsp3) is 0.0833. The first-order valence-electron chi connectivity index (χ1n) is 9.12. The van der Waals surface area contributed by atoms with E-state index in [0.29, 0.717) is 16.8 Å². The van der Waals surface area contributed by atoms with E-state index in [0.717, 1.165) is 11.1 Å². The second kappa shape index (κ2) is 7.53. The molecule has 0 amide bonds. The predicted octanol–water partition coefficient (Wildman–Crippen LogP) is 4.44. The normalized spacial score (nSPS) is 17.9. The van der Waals surface area contributed by atoms with Crippen LogP contribution in [0.4, 0.5) is 0 Å².